The molecule has 1 saturated heterocycles. The van der Waals surface area contributed by atoms with E-state index in [9.17, 15) is 14.0 Å². The normalized spacial score (nSPS) is 20.1. The third kappa shape index (κ3) is 5.81. The van der Waals surface area contributed by atoms with Crippen LogP contribution in [0.3, 0.4) is 0 Å². The Labute approximate surface area is 186 Å². The van der Waals surface area contributed by atoms with Gasteiger partial charge in [-0.2, -0.15) is 0 Å². The van der Waals surface area contributed by atoms with Crippen molar-refractivity contribution in [2.45, 2.75) is 24.6 Å². The van der Waals surface area contributed by atoms with E-state index in [2.05, 4.69) is 5.32 Å². The van der Waals surface area contributed by atoms with Crippen LogP contribution in [0.2, 0.25) is 5.02 Å². The lowest BCUT2D eigenvalue weighted by molar-refractivity contribution is -0.162. The van der Waals surface area contributed by atoms with Crippen LogP contribution in [0.5, 0.6) is 0 Å². The Morgan fingerprint density at radius 2 is 1.87 bits per heavy atom. The second-order valence-electron chi connectivity index (χ2n) is 7.94. The number of benzene rings is 2. The van der Waals surface area contributed by atoms with Gasteiger partial charge < -0.3 is 19.9 Å². The predicted octanol–water partition coefficient (Wildman–Crippen LogP) is 3.19. The third-order valence-corrected chi connectivity index (χ3v) is 5.66. The molecule has 0 saturated carbocycles. The molecule has 0 radical (unpaired) electrons. The summed E-state index contributed by atoms with van der Waals surface area (Å²) in [6, 6.07) is 12.2. The van der Waals surface area contributed by atoms with E-state index in [1.54, 1.807) is 43.4 Å². The third-order valence-electron chi connectivity index (χ3n) is 5.41. The summed E-state index contributed by atoms with van der Waals surface area (Å²) in [4.78, 5) is 29.1. The van der Waals surface area contributed by atoms with Gasteiger partial charge in [-0.3, -0.25) is 9.59 Å². The van der Waals surface area contributed by atoms with E-state index in [1.807, 2.05) is 19.0 Å². The molecule has 1 fully saturated rings. The van der Waals surface area contributed by atoms with Crippen LogP contribution in [0, 0.1) is 5.82 Å². The zero-order chi connectivity index (χ0) is 22.5. The van der Waals surface area contributed by atoms with Crippen molar-refractivity contribution < 1.29 is 18.7 Å². The van der Waals surface area contributed by atoms with Crippen LogP contribution in [-0.2, 0) is 14.3 Å². The fourth-order valence-electron chi connectivity index (χ4n) is 3.65. The van der Waals surface area contributed by atoms with Gasteiger partial charge in [0.2, 0.25) is 5.91 Å². The maximum absolute atomic E-state index is 13.4. The smallest absolute Gasteiger partial charge is 0.252 e. The van der Waals surface area contributed by atoms with E-state index in [0.29, 0.717) is 11.4 Å². The minimum atomic E-state index is -0.883. The van der Waals surface area contributed by atoms with Crippen LogP contribution in [0.4, 0.5) is 4.39 Å². The van der Waals surface area contributed by atoms with Crippen molar-refractivity contribution >= 4 is 23.4 Å². The van der Waals surface area contributed by atoms with Crippen molar-refractivity contribution in [3.8, 4) is 0 Å². The molecule has 3 atom stereocenters. The number of carbonyl (C=O) groups is 2. The fourth-order valence-corrected chi connectivity index (χ4v) is 3.77. The van der Waals surface area contributed by atoms with Crippen molar-refractivity contribution in [3.05, 3.63) is 70.5 Å². The number of hydrogen-bond acceptors (Lipinski definition) is 4. The van der Waals surface area contributed by atoms with Crippen LogP contribution in [0.1, 0.15) is 29.6 Å². The van der Waals surface area contributed by atoms with Gasteiger partial charge in [-0.05, 0) is 62.5 Å². The van der Waals surface area contributed by atoms with Crippen LogP contribution in [0.25, 0.3) is 0 Å². The number of nitrogens with zero attached hydrogens (tertiary/aromatic N) is 2. The lowest BCUT2D eigenvalue weighted by Gasteiger charge is -2.39. The first-order chi connectivity index (χ1) is 14.8. The summed E-state index contributed by atoms with van der Waals surface area (Å²) in [5, 5.41) is 3.61. The lowest BCUT2D eigenvalue weighted by Crippen LogP contribution is -2.53. The Bertz CT molecular complexity index is 905. The highest BCUT2D eigenvalue weighted by Gasteiger charge is 2.40. The number of carbonyl (C=O) groups excluding carboxylic acids is 2. The summed E-state index contributed by atoms with van der Waals surface area (Å²) in [6.07, 6.45) is -0.247. The summed E-state index contributed by atoms with van der Waals surface area (Å²) in [6.45, 7) is 0.560. The quantitative estimate of drug-likeness (QED) is 0.708. The molecule has 8 heteroatoms. The van der Waals surface area contributed by atoms with E-state index in [0.717, 1.165) is 17.7 Å². The SMILES string of the molecule is CN(C)CCC(NC(=O)C1OCC(=O)N(C)C1c1ccc(Cl)cc1)c1ccc(F)cc1. The molecule has 0 bridgehead atoms. The molecule has 2 aromatic rings. The van der Waals surface area contributed by atoms with Crippen LogP contribution < -0.4 is 5.32 Å². The van der Waals surface area contributed by atoms with E-state index >= 15 is 0 Å². The van der Waals surface area contributed by atoms with E-state index in [-0.39, 0.29) is 30.3 Å². The molecule has 2 amide bonds. The van der Waals surface area contributed by atoms with Gasteiger partial charge in [-0.1, -0.05) is 35.9 Å². The number of likely N-dealkylation sites (N-methyl/N-ethyl adjacent to an activating group) is 1. The van der Waals surface area contributed by atoms with Crippen molar-refractivity contribution in [3.63, 3.8) is 0 Å². The standard InChI is InChI=1S/C23H27ClFN3O3/c1-27(2)13-12-19(15-6-10-18(25)11-7-15)26-23(30)22-21(28(3)20(29)14-31-22)16-4-8-17(24)9-5-16/h4-11,19,21-22H,12-14H2,1-3H3,(H,26,30). The van der Waals surface area contributed by atoms with Crippen molar-refractivity contribution in [2.75, 3.05) is 34.3 Å². The molecule has 1 N–H and O–H groups in total. The largest absolute Gasteiger partial charge is 0.356 e. The minimum absolute atomic E-state index is 0.169. The molecule has 1 aliphatic rings. The first-order valence-electron chi connectivity index (χ1n) is 10.1. The summed E-state index contributed by atoms with van der Waals surface area (Å²) in [5.74, 6) is -0.862. The first kappa shape index (κ1) is 23.2. The van der Waals surface area contributed by atoms with Gasteiger partial charge >= 0.3 is 0 Å². The molecule has 6 nitrogen and oxygen atoms in total. The molecule has 31 heavy (non-hydrogen) atoms. The fraction of sp³-hybridized carbons (Fsp3) is 0.391. The lowest BCUT2D eigenvalue weighted by atomic mass is 9.96. The van der Waals surface area contributed by atoms with Gasteiger partial charge in [-0.25, -0.2) is 4.39 Å². The monoisotopic (exact) mass is 447 g/mol. The molecule has 0 aromatic heterocycles. The van der Waals surface area contributed by atoms with Gasteiger partial charge in [0.15, 0.2) is 6.10 Å². The molecular formula is C23H27ClFN3O3. The summed E-state index contributed by atoms with van der Waals surface area (Å²) >= 11 is 6.00. The highest BCUT2D eigenvalue weighted by atomic mass is 35.5. The number of rotatable bonds is 7. The topological polar surface area (TPSA) is 61.9 Å². The zero-order valence-electron chi connectivity index (χ0n) is 17.8. The molecule has 0 aliphatic carbocycles. The molecule has 166 valence electrons. The Morgan fingerprint density at radius 1 is 1.23 bits per heavy atom. The van der Waals surface area contributed by atoms with Crippen molar-refractivity contribution in [1.82, 2.24) is 15.1 Å². The Morgan fingerprint density at radius 3 is 2.48 bits per heavy atom. The minimum Gasteiger partial charge on any atom is -0.356 e. The average molecular weight is 448 g/mol. The molecule has 0 spiro atoms. The molecule has 2 aromatic carbocycles. The van der Waals surface area contributed by atoms with Gasteiger partial charge in [0.05, 0.1) is 12.1 Å². The number of nitrogens with one attached hydrogen (secondary N) is 1. The number of ether oxygens (including phenoxy) is 1. The maximum Gasteiger partial charge on any atom is 0.252 e. The van der Waals surface area contributed by atoms with Crippen LogP contribution >= 0.6 is 11.6 Å². The number of halogens is 2. The molecule has 1 aliphatic heterocycles. The molecular weight excluding hydrogens is 421 g/mol. The molecule has 3 rings (SSSR count). The van der Waals surface area contributed by atoms with Gasteiger partial charge in [0.1, 0.15) is 12.4 Å². The summed E-state index contributed by atoms with van der Waals surface area (Å²) in [7, 11) is 5.56. The van der Waals surface area contributed by atoms with Gasteiger partial charge in [-0.15, -0.1) is 0 Å². The Kier molecular flexibility index (Phi) is 7.64. The molecule has 1 heterocycles. The number of amides is 2. The number of hydrogen-bond donors (Lipinski definition) is 1. The average Bonchev–Trinajstić information content (AvgIpc) is 2.74. The second-order valence-corrected chi connectivity index (χ2v) is 8.37. The van der Waals surface area contributed by atoms with Gasteiger partial charge in [0.25, 0.3) is 5.91 Å². The highest BCUT2D eigenvalue weighted by Crippen LogP contribution is 2.31. The first-order valence-corrected chi connectivity index (χ1v) is 10.5. The van der Waals surface area contributed by atoms with Crippen molar-refractivity contribution in [1.29, 1.82) is 0 Å². The van der Waals surface area contributed by atoms with Gasteiger partial charge in [0, 0.05) is 12.1 Å². The Hall–Kier alpha value is -2.48. The molecule has 3 unspecified atom stereocenters. The summed E-state index contributed by atoms with van der Waals surface area (Å²) < 4.78 is 19.1. The van der Waals surface area contributed by atoms with Crippen LogP contribution in [0.15, 0.2) is 48.5 Å². The highest BCUT2D eigenvalue weighted by molar-refractivity contribution is 6.30. The zero-order valence-corrected chi connectivity index (χ0v) is 18.6. The Balaban J connectivity index is 1.84. The van der Waals surface area contributed by atoms with Crippen molar-refractivity contribution in [2.24, 2.45) is 0 Å². The second kappa shape index (κ2) is 10.2. The van der Waals surface area contributed by atoms with Crippen LogP contribution in [-0.4, -0.2) is 62.0 Å². The summed E-state index contributed by atoms with van der Waals surface area (Å²) in [5.41, 5.74) is 1.56. The maximum atomic E-state index is 13.4. The van der Waals surface area contributed by atoms with E-state index in [4.69, 9.17) is 16.3 Å². The number of morpholine rings is 1. The van der Waals surface area contributed by atoms with E-state index < -0.39 is 12.1 Å². The van der Waals surface area contributed by atoms with E-state index in [1.165, 1.54) is 17.0 Å². The predicted molar refractivity (Wildman–Crippen MR) is 117 cm³/mol.